The molecule has 2 aliphatic rings. The molecule has 0 bridgehead atoms. The summed E-state index contributed by atoms with van der Waals surface area (Å²) in [6, 6.07) is -0.829. The zero-order chi connectivity index (χ0) is 14.8. The van der Waals surface area contributed by atoms with Crippen LogP contribution < -0.4 is 11.1 Å². The van der Waals surface area contributed by atoms with Crippen LogP contribution in [0.15, 0.2) is 0 Å². The number of likely N-dealkylation sites (tertiary alicyclic amines) is 1. The Kier molecular flexibility index (Phi) is 4.65. The fourth-order valence-corrected chi connectivity index (χ4v) is 2.73. The van der Waals surface area contributed by atoms with E-state index in [1.165, 1.54) is 6.42 Å². The Morgan fingerprint density at radius 3 is 2.55 bits per heavy atom. The highest BCUT2D eigenvalue weighted by molar-refractivity contribution is 5.90. The van der Waals surface area contributed by atoms with Crippen LogP contribution in [-0.2, 0) is 14.3 Å². The average Bonchev–Trinajstić information content (AvgIpc) is 2.80. The zero-order valence-corrected chi connectivity index (χ0v) is 12.4. The summed E-state index contributed by atoms with van der Waals surface area (Å²) in [6.45, 7) is 5.80. The van der Waals surface area contributed by atoms with Crippen LogP contribution in [0.1, 0.15) is 33.1 Å². The number of ether oxygens (including phenoxy) is 1. The van der Waals surface area contributed by atoms with Crippen LogP contribution >= 0.6 is 0 Å². The van der Waals surface area contributed by atoms with Gasteiger partial charge in [-0.1, -0.05) is 0 Å². The summed E-state index contributed by atoms with van der Waals surface area (Å²) < 4.78 is 5.27. The van der Waals surface area contributed by atoms with Gasteiger partial charge in [-0.25, -0.2) is 0 Å². The Bertz CT molecular complexity index is 382. The van der Waals surface area contributed by atoms with Gasteiger partial charge in [-0.2, -0.15) is 0 Å². The van der Waals surface area contributed by atoms with Gasteiger partial charge in [0.05, 0.1) is 18.6 Å². The molecule has 0 spiro atoms. The summed E-state index contributed by atoms with van der Waals surface area (Å²) in [4.78, 5) is 26.5. The van der Waals surface area contributed by atoms with Crippen molar-refractivity contribution in [2.75, 3.05) is 26.3 Å². The van der Waals surface area contributed by atoms with Crippen molar-refractivity contribution in [1.29, 1.82) is 0 Å². The maximum absolute atomic E-state index is 12.3. The molecule has 2 rings (SSSR count). The van der Waals surface area contributed by atoms with Gasteiger partial charge in [-0.3, -0.25) is 9.59 Å². The van der Waals surface area contributed by atoms with Crippen molar-refractivity contribution in [2.45, 2.75) is 45.2 Å². The molecule has 0 radical (unpaired) electrons. The molecule has 0 aromatic rings. The van der Waals surface area contributed by atoms with Crippen molar-refractivity contribution in [1.82, 2.24) is 10.2 Å². The molecule has 3 N–H and O–H groups in total. The lowest BCUT2D eigenvalue weighted by atomic mass is 9.84. The number of amides is 2. The summed E-state index contributed by atoms with van der Waals surface area (Å²) in [6.07, 6.45) is 3.26. The van der Waals surface area contributed by atoms with Crippen molar-refractivity contribution in [3.63, 3.8) is 0 Å². The van der Waals surface area contributed by atoms with Crippen molar-refractivity contribution >= 4 is 11.8 Å². The van der Waals surface area contributed by atoms with Gasteiger partial charge in [0, 0.05) is 19.1 Å². The molecule has 0 aliphatic carbocycles. The summed E-state index contributed by atoms with van der Waals surface area (Å²) in [5.41, 5.74) is 5.19. The highest BCUT2D eigenvalue weighted by Gasteiger charge is 2.45. The van der Waals surface area contributed by atoms with Crippen molar-refractivity contribution < 1.29 is 14.3 Å². The predicted octanol–water partition coefficient (Wildman–Crippen LogP) is -0.133. The first kappa shape index (κ1) is 15.3. The van der Waals surface area contributed by atoms with Gasteiger partial charge in [0.25, 0.3) is 0 Å². The Morgan fingerprint density at radius 2 is 2.00 bits per heavy atom. The number of nitrogens with one attached hydrogen (secondary N) is 1. The van der Waals surface area contributed by atoms with E-state index in [9.17, 15) is 9.59 Å². The molecule has 2 amide bonds. The Morgan fingerprint density at radius 1 is 1.35 bits per heavy atom. The molecule has 6 heteroatoms. The van der Waals surface area contributed by atoms with Gasteiger partial charge >= 0.3 is 0 Å². The maximum atomic E-state index is 12.3. The molecule has 114 valence electrons. The molecule has 6 nitrogen and oxygen atoms in total. The molecule has 2 aliphatic heterocycles. The molecular weight excluding hydrogens is 258 g/mol. The van der Waals surface area contributed by atoms with Crippen LogP contribution in [0.5, 0.6) is 0 Å². The topological polar surface area (TPSA) is 84.7 Å². The highest BCUT2D eigenvalue weighted by atomic mass is 16.5. The number of nitrogens with zero attached hydrogens (tertiary/aromatic N) is 1. The number of carbonyl (C=O) groups excluding carboxylic acids is 2. The second-order valence-corrected chi connectivity index (χ2v) is 6.12. The van der Waals surface area contributed by atoms with Gasteiger partial charge < -0.3 is 20.7 Å². The monoisotopic (exact) mass is 283 g/mol. The first-order valence-electron chi connectivity index (χ1n) is 7.38. The lowest BCUT2D eigenvalue weighted by Crippen LogP contribution is -2.55. The largest absolute Gasteiger partial charge is 0.379 e. The van der Waals surface area contributed by atoms with E-state index in [1.807, 2.05) is 4.90 Å². The van der Waals surface area contributed by atoms with Gasteiger partial charge in [0.1, 0.15) is 6.04 Å². The third-order valence-corrected chi connectivity index (χ3v) is 4.42. The smallest absolute Gasteiger partial charge is 0.244 e. The molecule has 3 unspecified atom stereocenters. The lowest BCUT2D eigenvalue weighted by Gasteiger charge is -2.31. The van der Waals surface area contributed by atoms with Crippen LogP contribution in [0, 0.1) is 5.41 Å². The first-order chi connectivity index (χ1) is 9.45. The third kappa shape index (κ3) is 2.96. The number of piperidine rings is 1. The van der Waals surface area contributed by atoms with Crippen molar-refractivity contribution in [2.24, 2.45) is 11.1 Å². The fraction of sp³-hybridized carbons (Fsp3) is 0.857. The van der Waals surface area contributed by atoms with Crippen LogP contribution in [0.2, 0.25) is 0 Å². The zero-order valence-electron chi connectivity index (χ0n) is 12.4. The Balaban J connectivity index is 1.91. The Hall–Kier alpha value is -1.14. The first-order valence-corrected chi connectivity index (χ1v) is 7.38. The van der Waals surface area contributed by atoms with Gasteiger partial charge in [-0.15, -0.1) is 0 Å². The van der Waals surface area contributed by atoms with Crippen LogP contribution in [-0.4, -0.2) is 55.1 Å². The van der Waals surface area contributed by atoms with Crippen LogP contribution in [0.4, 0.5) is 0 Å². The van der Waals surface area contributed by atoms with Gasteiger partial charge in [-0.05, 0) is 33.1 Å². The van der Waals surface area contributed by atoms with E-state index in [1.54, 1.807) is 13.8 Å². The quantitative estimate of drug-likeness (QED) is 0.755. The molecule has 0 aromatic carbocycles. The van der Waals surface area contributed by atoms with E-state index in [2.05, 4.69) is 5.32 Å². The Labute approximate surface area is 120 Å². The number of nitrogens with two attached hydrogens (primary N) is 1. The second-order valence-electron chi connectivity index (χ2n) is 6.12. The predicted molar refractivity (Wildman–Crippen MR) is 74.9 cm³/mol. The molecule has 0 aromatic heterocycles. The van der Waals surface area contributed by atoms with Crippen LogP contribution in [0.25, 0.3) is 0 Å². The molecule has 2 saturated heterocycles. The highest BCUT2D eigenvalue weighted by Crippen LogP contribution is 2.27. The minimum Gasteiger partial charge on any atom is -0.379 e. The minimum atomic E-state index is -0.740. The number of carbonyl (C=O) groups is 2. The van der Waals surface area contributed by atoms with Gasteiger partial charge in [0.15, 0.2) is 0 Å². The van der Waals surface area contributed by atoms with Crippen molar-refractivity contribution in [3.8, 4) is 0 Å². The third-order valence-electron chi connectivity index (χ3n) is 4.42. The second kappa shape index (κ2) is 6.10. The van der Waals surface area contributed by atoms with Crippen molar-refractivity contribution in [3.05, 3.63) is 0 Å². The average molecular weight is 283 g/mol. The molecule has 20 heavy (non-hydrogen) atoms. The fourth-order valence-electron chi connectivity index (χ4n) is 2.73. The van der Waals surface area contributed by atoms with E-state index < -0.39 is 11.5 Å². The number of hydrogen-bond donors (Lipinski definition) is 2. The summed E-state index contributed by atoms with van der Waals surface area (Å²) >= 11 is 0. The number of hydrogen-bond acceptors (Lipinski definition) is 4. The van der Waals surface area contributed by atoms with E-state index in [4.69, 9.17) is 10.5 Å². The molecular formula is C14H25N3O3. The summed E-state index contributed by atoms with van der Waals surface area (Å²) in [5.74, 6) is -0.200. The molecule has 3 atom stereocenters. The molecule has 2 fully saturated rings. The van der Waals surface area contributed by atoms with E-state index in [0.717, 1.165) is 25.9 Å². The van der Waals surface area contributed by atoms with Crippen LogP contribution in [0.3, 0.4) is 0 Å². The van der Waals surface area contributed by atoms with E-state index in [0.29, 0.717) is 13.2 Å². The van der Waals surface area contributed by atoms with Gasteiger partial charge in [0.2, 0.25) is 11.8 Å². The SMILES string of the molecule is CC(NC(=O)C1(C)COCC1N)C(=O)N1CCCCC1. The normalized spacial score (nSPS) is 31.9. The summed E-state index contributed by atoms with van der Waals surface area (Å²) in [5, 5.41) is 2.80. The standard InChI is InChI=1S/C14H25N3O3/c1-10(12(18)17-6-4-3-5-7-17)16-13(19)14(2)9-20-8-11(14)15/h10-11H,3-9,15H2,1-2H3,(H,16,19). The van der Waals surface area contributed by atoms with E-state index >= 15 is 0 Å². The summed E-state index contributed by atoms with van der Waals surface area (Å²) in [7, 11) is 0. The molecule has 2 heterocycles. The lowest BCUT2D eigenvalue weighted by molar-refractivity contribution is -0.139. The maximum Gasteiger partial charge on any atom is 0.244 e. The minimum absolute atomic E-state index is 0.00543. The van der Waals surface area contributed by atoms with E-state index in [-0.39, 0.29) is 17.9 Å². The number of rotatable bonds is 3. The molecule has 0 saturated carbocycles.